The molecule has 0 bridgehead atoms. The summed E-state index contributed by atoms with van der Waals surface area (Å²) in [6, 6.07) is 0.253. The second-order valence-corrected chi connectivity index (χ2v) is 4.52. The molecule has 4 nitrogen and oxygen atoms in total. The van der Waals surface area contributed by atoms with Crippen LogP contribution in [0.1, 0.15) is 13.3 Å². The van der Waals surface area contributed by atoms with Crippen molar-refractivity contribution in [2.45, 2.75) is 25.5 Å². The maximum absolute atomic E-state index is 11.8. The Morgan fingerprint density at radius 1 is 1.60 bits per heavy atom. The molecule has 0 aromatic carbocycles. The molecule has 2 atom stereocenters. The summed E-state index contributed by atoms with van der Waals surface area (Å²) >= 11 is 1.74. The van der Waals surface area contributed by atoms with Crippen molar-refractivity contribution in [1.29, 1.82) is 0 Å². The molecule has 0 aliphatic carbocycles. The summed E-state index contributed by atoms with van der Waals surface area (Å²) in [6.45, 7) is 2.42. The van der Waals surface area contributed by atoms with E-state index in [-0.39, 0.29) is 18.1 Å². The summed E-state index contributed by atoms with van der Waals surface area (Å²) in [6.07, 6.45) is 2.23. The van der Waals surface area contributed by atoms with Crippen LogP contribution in [0.25, 0.3) is 0 Å². The van der Waals surface area contributed by atoms with Gasteiger partial charge in [0.15, 0.2) is 0 Å². The molecule has 0 heterocycles. The smallest absolute Gasteiger partial charge is 0.225 e. The first kappa shape index (κ1) is 14.7. The molecular formula is C10H22N2O2S. The van der Waals surface area contributed by atoms with Gasteiger partial charge in [-0.15, -0.1) is 0 Å². The summed E-state index contributed by atoms with van der Waals surface area (Å²) in [5.41, 5.74) is 5.47. The molecule has 0 saturated heterocycles. The lowest BCUT2D eigenvalue weighted by atomic mass is 10.2. The minimum absolute atomic E-state index is 0.0915. The van der Waals surface area contributed by atoms with E-state index in [0.29, 0.717) is 13.0 Å². The largest absolute Gasteiger partial charge is 0.380 e. The molecule has 15 heavy (non-hydrogen) atoms. The number of nitrogens with two attached hydrogens (primary N) is 1. The third-order valence-corrected chi connectivity index (χ3v) is 3.28. The molecule has 90 valence electrons. The fraction of sp³-hybridized carbons (Fsp3) is 0.900. The molecule has 0 aromatic heterocycles. The Labute approximate surface area is 96.5 Å². The van der Waals surface area contributed by atoms with Crippen LogP contribution in [-0.4, -0.2) is 55.7 Å². The molecule has 0 radical (unpaired) electrons. The van der Waals surface area contributed by atoms with Crippen molar-refractivity contribution < 1.29 is 9.53 Å². The summed E-state index contributed by atoms with van der Waals surface area (Å²) in [5.74, 6) is 1.04. The van der Waals surface area contributed by atoms with E-state index in [1.165, 1.54) is 0 Å². The number of methoxy groups -OCH3 is 1. The number of ether oxygens (including phenoxy) is 1. The monoisotopic (exact) mass is 234 g/mol. The number of carbonyl (C=O) groups is 1. The molecule has 0 aromatic rings. The third-order valence-electron chi connectivity index (χ3n) is 2.46. The molecule has 0 rings (SSSR count). The first-order valence-electron chi connectivity index (χ1n) is 5.04. The lowest BCUT2D eigenvalue weighted by molar-refractivity contribution is -0.133. The van der Waals surface area contributed by atoms with Gasteiger partial charge >= 0.3 is 0 Å². The van der Waals surface area contributed by atoms with Crippen LogP contribution in [0.5, 0.6) is 0 Å². The van der Waals surface area contributed by atoms with Gasteiger partial charge in [-0.05, 0) is 13.2 Å². The van der Waals surface area contributed by atoms with E-state index in [1.54, 1.807) is 23.8 Å². The minimum Gasteiger partial charge on any atom is -0.380 e. The fourth-order valence-electron chi connectivity index (χ4n) is 1.20. The summed E-state index contributed by atoms with van der Waals surface area (Å²) in [4.78, 5) is 13.5. The van der Waals surface area contributed by atoms with Crippen LogP contribution in [0.2, 0.25) is 0 Å². The second-order valence-electron chi connectivity index (χ2n) is 3.61. The van der Waals surface area contributed by atoms with E-state index < -0.39 is 0 Å². The Hall–Kier alpha value is -0.260. The van der Waals surface area contributed by atoms with Crippen molar-refractivity contribution >= 4 is 17.7 Å². The normalized spacial score (nSPS) is 14.7. The molecule has 2 N–H and O–H groups in total. The van der Waals surface area contributed by atoms with Gasteiger partial charge in [0.1, 0.15) is 0 Å². The number of nitrogens with zero attached hydrogens (tertiary/aromatic N) is 1. The highest BCUT2D eigenvalue weighted by Gasteiger charge is 2.18. The van der Waals surface area contributed by atoms with E-state index in [4.69, 9.17) is 10.5 Å². The predicted molar refractivity (Wildman–Crippen MR) is 65.1 cm³/mol. The van der Waals surface area contributed by atoms with Crippen LogP contribution >= 0.6 is 11.8 Å². The molecule has 0 fully saturated rings. The maximum Gasteiger partial charge on any atom is 0.225 e. The standard InChI is InChI=1S/C10H22N2O2S/c1-8(7-15-4)12(2)10(13)5-9(6-11)14-3/h8-9H,5-7,11H2,1-4H3. The number of hydrogen-bond donors (Lipinski definition) is 1. The first-order chi connectivity index (χ1) is 7.06. The van der Waals surface area contributed by atoms with E-state index in [1.807, 2.05) is 20.2 Å². The van der Waals surface area contributed by atoms with Crippen molar-refractivity contribution in [2.75, 3.05) is 32.7 Å². The molecule has 0 saturated carbocycles. The predicted octanol–water partition coefficient (Wildman–Crippen LogP) is 0.560. The number of thioether (sulfide) groups is 1. The molecular weight excluding hydrogens is 212 g/mol. The number of hydrogen-bond acceptors (Lipinski definition) is 4. The van der Waals surface area contributed by atoms with Crippen molar-refractivity contribution in [1.82, 2.24) is 4.90 Å². The van der Waals surface area contributed by atoms with Crippen molar-refractivity contribution in [3.8, 4) is 0 Å². The zero-order valence-corrected chi connectivity index (χ0v) is 10.8. The minimum atomic E-state index is -0.165. The van der Waals surface area contributed by atoms with Crippen molar-refractivity contribution in [3.63, 3.8) is 0 Å². The quantitative estimate of drug-likeness (QED) is 0.699. The van der Waals surface area contributed by atoms with E-state index in [0.717, 1.165) is 5.75 Å². The van der Waals surface area contributed by atoms with Crippen molar-refractivity contribution in [2.24, 2.45) is 5.73 Å². The molecule has 0 aliphatic heterocycles. The Kier molecular flexibility index (Phi) is 7.82. The van der Waals surface area contributed by atoms with Crippen LogP contribution in [0.3, 0.4) is 0 Å². The Bertz CT molecular complexity index is 186. The molecule has 0 aliphatic rings. The summed E-state index contributed by atoms with van der Waals surface area (Å²) in [5, 5.41) is 0. The van der Waals surface area contributed by atoms with Gasteiger partial charge in [-0.3, -0.25) is 4.79 Å². The van der Waals surface area contributed by atoms with Crippen LogP contribution in [0, 0.1) is 0 Å². The van der Waals surface area contributed by atoms with Crippen LogP contribution < -0.4 is 5.73 Å². The van der Waals surface area contributed by atoms with Gasteiger partial charge < -0.3 is 15.4 Å². The highest BCUT2D eigenvalue weighted by Crippen LogP contribution is 2.07. The summed E-state index contributed by atoms with van der Waals surface area (Å²) < 4.78 is 5.08. The Morgan fingerprint density at radius 3 is 2.60 bits per heavy atom. The fourth-order valence-corrected chi connectivity index (χ4v) is 1.91. The molecule has 2 unspecified atom stereocenters. The Balaban J connectivity index is 4.07. The average molecular weight is 234 g/mol. The zero-order valence-electron chi connectivity index (χ0n) is 10.0. The van der Waals surface area contributed by atoms with E-state index in [9.17, 15) is 4.79 Å². The summed E-state index contributed by atoms with van der Waals surface area (Å²) in [7, 11) is 3.41. The lowest BCUT2D eigenvalue weighted by Crippen LogP contribution is -2.39. The number of rotatable bonds is 7. The third kappa shape index (κ3) is 5.39. The van der Waals surface area contributed by atoms with Gasteiger partial charge in [-0.2, -0.15) is 11.8 Å². The second kappa shape index (κ2) is 7.96. The van der Waals surface area contributed by atoms with Gasteiger partial charge in [0.05, 0.1) is 12.5 Å². The molecule has 0 spiro atoms. The SMILES string of the molecule is COC(CN)CC(=O)N(C)C(C)CSC. The van der Waals surface area contributed by atoms with Crippen molar-refractivity contribution in [3.05, 3.63) is 0 Å². The van der Waals surface area contributed by atoms with E-state index >= 15 is 0 Å². The maximum atomic E-state index is 11.8. The van der Waals surface area contributed by atoms with Gasteiger partial charge in [0.2, 0.25) is 5.91 Å². The topological polar surface area (TPSA) is 55.6 Å². The zero-order chi connectivity index (χ0) is 11.8. The van der Waals surface area contributed by atoms with Gasteiger partial charge in [-0.1, -0.05) is 0 Å². The lowest BCUT2D eigenvalue weighted by Gasteiger charge is -2.25. The van der Waals surface area contributed by atoms with Gasteiger partial charge in [0, 0.05) is 32.5 Å². The highest BCUT2D eigenvalue weighted by atomic mass is 32.2. The number of amides is 1. The highest BCUT2D eigenvalue weighted by molar-refractivity contribution is 7.98. The van der Waals surface area contributed by atoms with Gasteiger partial charge in [0.25, 0.3) is 0 Å². The molecule has 1 amide bonds. The van der Waals surface area contributed by atoms with Crippen LogP contribution in [-0.2, 0) is 9.53 Å². The van der Waals surface area contributed by atoms with Crippen LogP contribution in [0.15, 0.2) is 0 Å². The Morgan fingerprint density at radius 2 is 2.20 bits per heavy atom. The molecule has 5 heteroatoms. The average Bonchev–Trinajstić information content (AvgIpc) is 2.24. The number of carbonyl (C=O) groups excluding carboxylic acids is 1. The first-order valence-corrected chi connectivity index (χ1v) is 6.43. The van der Waals surface area contributed by atoms with Gasteiger partial charge in [-0.25, -0.2) is 0 Å². The van der Waals surface area contributed by atoms with E-state index in [2.05, 4.69) is 0 Å². The van der Waals surface area contributed by atoms with Crippen LogP contribution in [0.4, 0.5) is 0 Å².